The molecule has 3 aromatic carbocycles. The second kappa shape index (κ2) is 9.92. The van der Waals surface area contributed by atoms with Gasteiger partial charge in [0.15, 0.2) is 0 Å². The molecule has 1 aromatic heterocycles. The molecule has 0 bridgehead atoms. The predicted octanol–water partition coefficient (Wildman–Crippen LogP) is 6.81. The molecule has 1 heterocycles. The summed E-state index contributed by atoms with van der Waals surface area (Å²) in [4.78, 5) is 2.18. The Bertz CT molecular complexity index is 1450. The molecule has 5 nitrogen and oxygen atoms in total. The number of nitrogens with two attached hydrogens (primary N) is 2. The first-order valence-electron chi connectivity index (χ1n) is 12.0. The van der Waals surface area contributed by atoms with Gasteiger partial charge >= 0.3 is 0 Å². The van der Waals surface area contributed by atoms with Crippen molar-refractivity contribution in [2.45, 2.75) is 6.42 Å². The average molecular weight is 474 g/mol. The lowest BCUT2D eigenvalue weighted by Crippen LogP contribution is -2.14. The highest BCUT2D eigenvalue weighted by Crippen LogP contribution is 2.31. The van der Waals surface area contributed by atoms with Gasteiger partial charge in [-0.15, -0.1) is 0 Å². The van der Waals surface area contributed by atoms with Gasteiger partial charge in [-0.05, 0) is 84.3 Å². The molecule has 0 amide bonds. The molecule has 0 saturated heterocycles. The fraction of sp³-hybridized carbons (Fsp3) is 0.0968. The molecule has 1 aliphatic rings. The van der Waals surface area contributed by atoms with Gasteiger partial charge in [0.05, 0.1) is 0 Å². The summed E-state index contributed by atoms with van der Waals surface area (Å²) < 4.78 is 2.24. The minimum atomic E-state index is 0.744. The minimum absolute atomic E-state index is 0.744. The van der Waals surface area contributed by atoms with Crippen molar-refractivity contribution in [2.24, 2.45) is 12.8 Å². The van der Waals surface area contributed by atoms with Crippen molar-refractivity contribution in [1.82, 2.24) is 4.57 Å². The standard InChI is InChI=1S/C31H31N5/c1-35(28-8-4-5-24(32)13-18-28)29-16-11-23(12-17-29)31-20-19-30(36(31)2)22-9-14-26(15-10-22)34-27-7-3-6-25(33)21-27/h3,5-21,34H,4,32-33H2,1-2H3. The number of nitrogens with one attached hydrogen (secondary N) is 1. The van der Waals surface area contributed by atoms with E-state index in [1.54, 1.807) is 0 Å². The Balaban J connectivity index is 1.32. The third-order valence-electron chi connectivity index (χ3n) is 6.54. The van der Waals surface area contributed by atoms with Crippen molar-refractivity contribution in [2.75, 3.05) is 23.0 Å². The van der Waals surface area contributed by atoms with Crippen molar-refractivity contribution in [3.63, 3.8) is 0 Å². The zero-order chi connectivity index (χ0) is 25.1. The summed E-state index contributed by atoms with van der Waals surface area (Å²) in [6, 6.07) is 29.3. The molecule has 0 atom stereocenters. The number of anilines is 4. The number of hydrogen-bond acceptors (Lipinski definition) is 4. The van der Waals surface area contributed by atoms with Crippen molar-refractivity contribution in [1.29, 1.82) is 0 Å². The maximum Gasteiger partial charge on any atom is 0.0482 e. The van der Waals surface area contributed by atoms with E-state index in [0.717, 1.165) is 46.1 Å². The summed E-state index contributed by atoms with van der Waals surface area (Å²) in [6.07, 6.45) is 9.06. The summed E-state index contributed by atoms with van der Waals surface area (Å²) in [6.45, 7) is 0. The maximum absolute atomic E-state index is 5.93. The Hall–Kier alpha value is -4.64. The van der Waals surface area contributed by atoms with Crippen molar-refractivity contribution in [3.05, 3.63) is 121 Å². The summed E-state index contributed by atoms with van der Waals surface area (Å²) >= 11 is 0. The van der Waals surface area contributed by atoms with Gasteiger partial charge in [0.2, 0.25) is 0 Å². The van der Waals surface area contributed by atoms with Crippen LogP contribution in [-0.4, -0.2) is 11.6 Å². The van der Waals surface area contributed by atoms with Crippen LogP contribution in [0.3, 0.4) is 0 Å². The monoisotopic (exact) mass is 473 g/mol. The first kappa shape index (κ1) is 23.1. The molecule has 0 unspecified atom stereocenters. The maximum atomic E-state index is 5.93. The molecular formula is C31H31N5. The van der Waals surface area contributed by atoms with Crippen LogP contribution in [0.25, 0.3) is 22.5 Å². The van der Waals surface area contributed by atoms with Gasteiger partial charge in [0.1, 0.15) is 0 Å². The molecule has 0 aliphatic heterocycles. The number of benzene rings is 3. The fourth-order valence-corrected chi connectivity index (χ4v) is 4.49. The SMILES string of the molecule is CN(C1=CCC=C(N)C=C1)c1ccc(-c2ccc(-c3ccc(Nc4cccc(N)c4)cc3)n2C)cc1. The predicted molar refractivity (Wildman–Crippen MR) is 153 cm³/mol. The van der Waals surface area contributed by atoms with Crippen LogP contribution in [0.15, 0.2) is 121 Å². The van der Waals surface area contributed by atoms with E-state index in [0.29, 0.717) is 0 Å². The summed E-state index contributed by atoms with van der Waals surface area (Å²) in [5.74, 6) is 0. The summed E-state index contributed by atoms with van der Waals surface area (Å²) in [7, 11) is 4.20. The van der Waals surface area contributed by atoms with E-state index in [4.69, 9.17) is 11.5 Å². The molecule has 0 spiro atoms. The summed E-state index contributed by atoms with van der Waals surface area (Å²) in [5, 5.41) is 3.40. The molecule has 5 N–H and O–H groups in total. The fourth-order valence-electron chi connectivity index (χ4n) is 4.49. The number of nitrogen functional groups attached to an aromatic ring is 1. The van der Waals surface area contributed by atoms with Crippen molar-refractivity contribution < 1.29 is 0 Å². The van der Waals surface area contributed by atoms with E-state index in [2.05, 4.69) is 102 Å². The minimum Gasteiger partial charge on any atom is -0.399 e. The lowest BCUT2D eigenvalue weighted by atomic mass is 10.1. The first-order valence-corrected chi connectivity index (χ1v) is 12.0. The van der Waals surface area contributed by atoms with E-state index in [-0.39, 0.29) is 0 Å². The Morgan fingerprint density at radius 1 is 0.750 bits per heavy atom. The normalized spacial score (nSPS) is 13.1. The number of allylic oxidation sites excluding steroid dienone is 4. The van der Waals surface area contributed by atoms with Crippen LogP contribution in [0.2, 0.25) is 0 Å². The summed E-state index contributed by atoms with van der Waals surface area (Å²) in [5.41, 5.74) is 22.3. The van der Waals surface area contributed by atoms with Gasteiger partial charge < -0.3 is 26.3 Å². The zero-order valence-corrected chi connectivity index (χ0v) is 20.6. The molecular weight excluding hydrogens is 442 g/mol. The second-order valence-electron chi connectivity index (χ2n) is 9.00. The zero-order valence-electron chi connectivity index (χ0n) is 20.6. The molecule has 5 rings (SSSR count). The molecule has 0 fully saturated rings. The Morgan fingerprint density at radius 3 is 2.08 bits per heavy atom. The van der Waals surface area contributed by atoms with Crippen LogP contribution in [0, 0.1) is 0 Å². The molecule has 0 radical (unpaired) electrons. The number of hydrogen-bond donors (Lipinski definition) is 3. The van der Waals surface area contributed by atoms with Gasteiger partial charge in [-0.25, -0.2) is 0 Å². The van der Waals surface area contributed by atoms with Crippen LogP contribution < -0.4 is 21.7 Å². The third kappa shape index (κ3) is 4.91. The highest BCUT2D eigenvalue weighted by Gasteiger charge is 2.11. The van der Waals surface area contributed by atoms with Gasteiger partial charge in [0.25, 0.3) is 0 Å². The number of rotatable bonds is 6. The van der Waals surface area contributed by atoms with Crippen LogP contribution in [0.4, 0.5) is 22.7 Å². The molecule has 4 aromatic rings. The Kier molecular flexibility index (Phi) is 6.37. The smallest absolute Gasteiger partial charge is 0.0482 e. The number of likely N-dealkylation sites (N-methyl/N-ethyl adjacent to an activating group) is 1. The largest absolute Gasteiger partial charge is 0.399 e. The van der Waals surface area contributed by atoms with Crippen LogP contribution in [0.1, 0.15) is 6.42 Å². The third-order valence-corrected chi connectivity index (χ3v) is 6.54. The van der Waals surface area contributed by atoms with Crippen molar-refractivity contribution in [3.8, 4) is 22.5 Å². The Morgan fingerprint density at radius 2 is 1.42 bits per heavy atom. The van der Waals surface area contributed by atoms with Crippen LogP contribution in [-0.2, 0) is 7.05 Å². The quantitative estimate of drug-likeness (QED) is 0.269. The van der Waals surface area contributed by atoms with E-state index in [1.165, 1.54) is 17.0 Å². The molecule has 180 valence electrons. The average Bonchev–Trinajstić information content (AvgIpc) is 3.13. The van der Waals surface area contributed by atoms with E-state index in [1.807, 2.05) is 36.4 Å². The number of aromatic nitrogens is 1. The van der Waals surface area contributed by atoms with E-state index < -0.39 is 0 Å². The van der Waals surface area contributed by atoms with E-state index >= 15 is 0 Å². The van der Waals surface area contributed by atoms with Gasteiger partial charge in [0, 0.05) is 59.6 Å². The van der Waals surface area contributed by atoms with Gasteiger partial charge in [-0.2, -0.15) is 0 Å². The van der Waals surface area contributed by atoms with Gasteiger partial charge in [-0.3, -0.25) is 0 Å². The van der Waals surface area contributed by atoms with Gasteiger partial charge in [-0.1, -0.05) is 42.5 Å². The van der Waals surface area contributed by atoms with E-state index in [9.17, 15) is 0 Å². The highest BCUT2D eigenvalue weighted by atomic mass is 15.1. The highest BCUT2D eigenvalue weighted by molar-refractivity contribution is 5.73. The number of nitrogens with zero attached hydrogens (tertiary/aromatic N) is 2. The second-order valence-corrected chi connectivity index (χ2v) is 9.00. The molecule has 1 aliphatic carbocycles. The topological polar surface area (TPSA) is 72.2 Å². The van der Waals surface area contributed by atoms with Crippen molar-refractivity contribution >= 4 is 22.7 Å². The molecule has 36 heavy (non-hydrogen) atoms. The lowest BCUT2D eigenvalue weighted by molar-refractivity contribution is 0.946. The molecule has 5 heteroatoms. The lowest BCUT2D eigenvalue weighted by Gasteiger charge is -2.21. The van der Waals surface area contributed by atoms with Crippen LogP contribution in [0.5, 0.6) is 0 Å². The Labute approximate surface area is 212 Å². The molecule has 0 saturated carbocycles. The first-order chi connectivity index (χ1) is 17.5. The van der Waals surface area contributed by atoms with Crippen LogP contribution >= 0.6 is 0 Å².